The van der Waals surface area contributed by atoms with E-state index in [2.05, 4.69) is 0 Å². The summed E-state index contributed by atoms with van der Waals surface area (Å²) in [4.78, 5) is 11.1. The second-order valence-corrected chi connectivity index (χ2v) is 6.93. The Morgan fingerprint density at radius 2 is 1.78 bits per heavy atom. The predicted octanol–water partition coefficient (Wildman–Crippen LogP) is 5.51. The van der Waals surface area contributed by atoms with Gasteiger partial charge in [-0.2, -0.15) is 0 Å². The molecule has 0 aliphatic rings. The number of phenols is 1. The van der Waals surface area contributed by atoms with Gasteiger partial charge in [-0.3, -0.25) is 0 Å². The molecule has 0 aliphatic heterocycles. The van der Waals surface area contributed by atoms with E-state index in [4.69, 9.17) is 9.84 Å². The van der Waals surface area contributed by atoms with Crippen LogP contribution in [0.25, 0.3) is 17.2 Å². The van der Waals surface area contributed by atoms with Gasteiger partial charge in [-0.15, -0.1) is 0 Å². The molecule has 2 rings (SSSR count). The predicted molar refractivity (Wildman–Crippen MR) is 109 cm³/mol. The summed E-state index contributed by atoms with van der Waals surface area (Å²) in [5.74, 6) is -0.385. The molecule has 0 spiro atoms. The van der Waals surface area contributed by atoms with Gasteiger partial charge in [0.2, 0.25) is 0 Å². The fraction of sp³-hybridized carbons (Fsp3) is 0.261. The number of carboxylic acid groups (broad SMARTS) is 1. The van der Waals surface area contributed by atoms with E-state index in [9.17, 15) is 9.90 Å². The van der Waals surface area contributed by atoms with E-state index < -0.39 is 5.97 Å². The summed E-state index contributed by atoms with van der Waals surface area (Å²) in [7, 11) is 0. The molecular formula is C23H26O4. The van der Waals surface area contributed by atoms with Crippen molar-refractivity contribution in [1.82, 2.24) is 0 Å². The largest absolute Gasteiger partial charge is 0.504 e. The standard InChI is InChI=1S/C23H26O4/c1-14(2)8-9-27-22-7-6-18(13-21(22)24)20-12-15(3)19(10-16(20)4)11-17(5)23(25)26/h6-8,10-13,24H,9H2,1-5H3,(H,25,26)/b17-11+. The summed E-state index contributed by atoms with van der Waals surface area (Å²) in [5.41, 5.74) is 6.17. The number of rotatable bonds is 6. The first-order chi connectivity index (χ1) is 12.7. The van der Waals surface area contributed by atoms with E-state index in [0.29, 0.717) is 17.9 Å². The molecule has 0 unspecified atom stereocenters. The third-order valence-corrected chi connectivity index (χ3v) is 4.32. The van der Waals surface area contributed by atoms with Gasteiger partial charge < -0.3 is 14.9 Å². The zero-order chi connectivity index (χ0) is 20.1. The number of hydrogen-bond donors (Lipinski definition) is 2. The van der Waals surface area contributed by atoms with Crippen LogP contribution in [0.1, 0.15) is 37.5 Å². The second-order valence-electron chi connectivity index (χ2n) is 6.93. The topological polar surface area (TPSA) is 66.8 Å². The van der Waals surface area contributed by atoms with Gasteiger partial charge in [-0.1, -0.05) is 23.8 Å². The average Bonchev–Trinajstić information content (AvgIpc) is 2.58. The third-order valence-electron chi connectivity index (χ3n) is 4.32. The maximum Gasteiger partial charge on any atom is 0.331 e. The van der Waals surface area contributed by atoms with Crippen LogP contribution < -0.4 is 4.74 Å². The van der Waals surface area contributed by atoms with Crippen LogP contribution in [0.15, 0.2) is 47.6 Å². The number of aryl methyl sites for hydroxylation is 2. The number of carbonyl (C=O) groups is 1. The lowest BCUT2D eigenvalue weighted by Crippen LogP contribution is -1.97. The molecule has 2 aromatic rings. The molecule has 0 aromatic heterocycles. The highest BCUT2D eigenvalue weighted by Crippen LogP contribution is 2.34. The van der Waals surface area contributed by atoms with Crippen LogP contribution in [-0.2, 0) is 4.79 Å². The van der Waals surface area contributed by atoms with E-state index in [1.165, 1.54) is 0 Å². The van der Waals surface area contributed by atoms with Crippen molar-refractivity contribution in [2.24, 2.45) is 0 Å². The number of allylic oxidation sites excluding steroid dienone is 1. The van der Waals surface area contributed by atoms with Crippen LogP contribution >= 0.6 is 0 Å². The number of hydrogen-bond acceptors (Lipinski definition) is 3. The molecule has 0 fully saturated rings. The van der Waals surface area contributed by atoms with E-state index in [0.717, 1.165) is 33.4 Å². The molecule has 27 heavy (non-hydrogen) atoms. The zero-order valence-electron chi connectivity index (χ0n) is 16.5. The molecule has 2 aromatic carbocycles. The highest BCUT2D eigenvalue weighted by Gasteiger charge is 2.10. The molecule has 0 atom stereocenters. The smallest absolute Gasteiger partial charge is 0.331 e. The molecule has 0 bridgehead atoms. The highest BCUT2D eigenvalue weighted by atomic mass is 16.5. The van der Waals surface area contributed by atoms with Crippen LogP contribution in [0.4, 0.5) is 0 Å². The monoisotopic (exact) mass is 366 g/mol. The minimum absolute atomic E-state index is 0.0948. The molecule has 4 nitrogen and oxygen atoms in total. The SMILES string of the molecule is CC(C)=CCOc1ccc(-c2cc(C)c(/C=C(\C)C(=O)O)cc2C)cc1O. The van der Waals surface area contributed by atoms with Gasteiger partial charge in [0.15, 0.2) is 11.5 Å². The van der Waals surface area contributed by atoms with Crippen molar-refractivity contribution in [3.8, 4) is 22.6 Å². The van der Waals surface area contributed by atoms with E-state index in [1.54, 1.807) is 25.1 Å². The number of carboxylic acids is 1. The fourth-order valence-corrected chi connectivity index (χ4v) is 2.71. The van der Waals surface area contributed by atoms with Crippen LogP contribution in [0.5, 0.6) is 11.5 Å². The summed E-state index contributed by atoms with van der Waals surface area (Å²) in [5, 5.41) is 19.4. The normalized spacial score (nSPS) is 11.2. The Hall–Kier alpha value is -3.01. The molecular weight excluding hydrogens is 340 g/mol. The lowest BCUT2D eigenvalue weighted by atomic mass is 9.94. The fourth-order valence-electron chi connectivity index (χ4n) is 2.71. The summed E-state index contributed by atoms with van der Waals surface area (Å²) in [6.45, 7) is 9.90. The molecule has 142 valence electrons. The molecule has 2 N–H and O–H groups in total. The van der Waals surface area contributed by atoms with Crippen molar-refractivity contribution in [3.63, 3.8) is 0 Å². The summed E-state index contributed by atoms with van der Waals surface area (Å²) >= 11 is 0. The van der Waals surface area contributed by atoms with Crippen LogP contribution in [0, 0.1) is 13.8 Å². The van der Waals surface area contributed by atoms with E-state index >= 15 is 0 Å². The van der Waals surface area contributed by atoms with Gasteiger partial charge in [-0.05, 0) is 86.7 Å². The third kappa shape index (κ3) is 5.23. The minimum atomic E-state index is -0.926. The van der Waals surface area contributed by atoms with E-state index in [1.807, 2.05) is 52.0 Å². The number of aliphatic carboxylic acids is 1. The quantitative estimate of drug-likeness (QED) is 0.523. The number of phenolic OH excluding ortho intramolecular Hbond substituents is 1. The maximum atomic E-state index is 11.1. The van der Waals surface area contributed by atoms with Gasteiger partial charge in [0, 0.05) is 5.57 Å². The van der Waals surface area contributed by atoms with Gasteiger partial charge in [-0.25, -0.2) is 4.79 Å². The Labute approximate surface area is 160 Å². The summed E-state index contributed by atoms with van der Waals surface area (Å²) in [6.07, 6.45) is 3.62. The summed E-state index contributed by atoms with van der Waals surface area (Å²) in [6, 6.07) is 9.35. The van der Waals surface area contributed by atoms with Crippen LogP contribution in [-0.4, -0.2) is 22.8 Å². The molecule has 0 heterocycles. The van der Waals surface area contributed by atoms with Crippen LogP contribution in [0.2, 0.25) is 0 Å². The van der Waals surface area contributed by atoms with Crippen molar-refractivity contribution in [1.29, 1.82) is 0 Å². The van der Waals surface area contributed by atoms with Crippen molar-refractivity contribution in [2.45, 2.75) is 34.6 Å². The maximum absolute atomic E-state index is 11.1. The highest BCUT2D eigenvalue weighted by molar-refractivity contribution is 5.92. The lowest BCUT2D eigenvalue weighted by molar-refractivity contribution is -0.132. The van der Waals surface area contributed by atoms with Crippen molar-refractivity contribution < 1.29 is 19.7 Å². The Balaban J connectivity index is 2.34. The molecule has 0 radical (unpaired) electrons. The van der Waals surface area contributed by atoms with E-state index in [-0.39, 0.29) is 5.75 Å². The van der Waals surface area contributed by atoms with Gasteiger partial charge in [0.25, 0.3) is 0 Å². The first-order valence-corrected chi connectivity index (χ1v) is 8.81. The Morgan fingerprint density at radius 3 is 2.37 bits per heavy atom. The molecule has 0 saturated carbocycles. The number of aromatic hydroxyl groups is 1. The second kappa shape index (κ2) is 8.58. The Morgan fingerprint density at radius 1 is 1.07 bits per heavy atom. The van der Waals surface area contributed by atoms with Gasteiger partial charge in [0.1, 0.15) is 6.61 Å². The Bertz CT molecular complexity index is 916. The van der Waals surface area contributed by atoms with Gasteiger partial charge in [0.05, 0.1) is 0 Å². The minimum Gasteiger partial charge on any atom is -0.504 e. The number of ether oxygens (including phenoxy) is 1. The van der Waals surface area contributed by atoms with Crippen molar-refractivity contribution >= 4 is 12.0 Å². The zero-order valence-corrected chi connectivity index (χ0v) is 16.5. The number of benzene rings is 2. The summed E-state index contributed by atoms with van der Waals surface area (Å²) < 4.78 is 5.59. The Kier molecular flexibility index (Phi) is 6.45. The first kappa shape index (κ1) is 20.3. The first-order valence-electron chi connectivity index (χ1n) is 8.81. The van der Waals surface area contributed by atoms with Crippen molar-refractivity contribution in [3.05, 3.63) is 64.2 Å². The van der Waals surface area contributed by atoms with Gasteiger partial charge >= 0.3 is 5.97 Å². The molecule has 0 saturated heterocycles. The lowest BCUT2D eigenvalue weighted by Gasteiger charge is -2.13. The average molecular weight is 366 g/mol. The molecule has 0 aliphatic carbocycles. The van der Waals surface area contributed by atoms with Crippen LogP contribution in [0.3, 0.4) is 0 Å². The molecule has 4 heteroatoms. The van der Waals surface area contributed by atoms with Crippen molar-refractivity contribution in [2.75, 3.05) is 6.61 Å². The molecule has 0 amide bonds.